The summed E-state index contributed by atoms with van der Waals surface area (Å²) in [5, 5.41) is 22.3. The number of hydrogen-bond donors (Lipinski definition) is 2. The van der Waals surface area contributed by atoms with E-state index in [-0.39, 0.29) is 5.82 Å². The molecule has 0 aliphatic heterocycles. The Hall–Kier alpha value is -4.41. The summed E-state index contributed by atoms with van der Waals surface area (Å²) in [6, 6.07) is 21.4. The molecule has 8 nitrogen and oxygen atoms in total. The lowest BCUT2D eigenvalue weighted by Crippen LogP contribution is -2.00. The fourth-order valence-corrected chi connectivity index (χ4v) is 4.52. The second-order valence-corrected chi connectivity index (χ2v) is 9.16. The Morgan fingerprint density at radius 1 is 0.861 bits per heavy atom. The zero-order valence-electron chi connectivity index (χ0n) is 18.4. The van der Waals surface area contributed by atoms with Crippen molar-refractivity contribution in [2.45, 2.75) is 0 Å². The number of halogens is 2. The van der Waals surface area contributed by atoms with E-state index in [9.17, 15) is 4.39 Å². The largest absolute Gasteiger partial charge is 0.340 e. The second-order valence-electron chi connectivity index (χ2n) is 7.74. The minimum Gasteiger partial charge on any atom is -0.340 e. The van der Waals surface area contributed by atoms with Gasteiger partial charge >= 0.3 is 0 Å². The molecule has 3 aromatic heterocycles. The summed E-state index contributed by atoms with van der Waals surface area (Å²) >= 11 is 7.39. The van der Waals surface area contributed by atoms with Gasteiger partial charge in [0, 0.05) is 22.0 Å². The van der Waals surface area contributed by atoms with Crippen molar-refractivity contribution < 1.29 is 4.39 Å². The Kier molecular flexibility index (Phi) is 5.72. The SMILES string of the molecule is Fc1cccc(-n2ncc3c(Nc4ccc(-c5nnc(Nc6ccc(Cl)cc6)s5)cc4)ncnc32)c1. The topological polar surface area (TPSA) is 93.4 Å². The van der Waals surface area contributed by atoms with Crippen LogP contribution in [-0.2, 0) is 0 Å². The first-order chi connectivity index (χ1) is 17.6. The molecule has 2 N–H and O–H groups in total. The number of nitrogens with zero attached hydrogens (tertiary/aromatic N) is 6. The zero-order valence-corrected chi connectivity index (χ0v) is 20.0. The maximum Gasteiger partial charge on any atom is 0.210 e. The van der Waals surface area contributed by atoms with Gasteiger partial charge in [-0.05, 0) is 66.7 Å². The highest BCUT2D eigenvalue weighted by Gasteiger charge is 2.13. The molecular formula is C25H16ClFN8S. The van der Waals surface area contributed by atoms with Crippen LogP contribution in [0.3, 0.4) is 0 Å². The van der Waals surface area contributed by atoms with Crippen molar-refractivity contribution in [2.75, 3.05) is 10.6 Å². The first-order valence-corrected chi connectivity index (χ1v) is 12.0. The molecule has 11 heteroatoms. The lowest BCUT2D eigenvalue weighted by atomic mass is 10.2. The second kappa shape index (κ2) is 9.33. The van der Waals surface area contributed by atoms with E-state index in [0.29, 0.717) is 32.7 Å². The molecule has 3 heterocycles. The summed E-state index contributed by atoms with van der Waals surface area (Å²) in [4.78, 5) is 8.71. The lowest BCUT2D eigenvalue weighted by Gasteiger charge is -2.07. The highest BCUT2D eigenvalue weighted by Crippen LogP contribution is 2.31. The minimum absolute atomic E-state index is 0.341. The predicted molar refractivity (Wildman–Crippen MR) is 140 cm³/mol. The Morgan fingerprint density at radius 3 is 2.44 bits per heavy atom. The van der Waals surface area contributed by atoms with Gasteiger partial charge in [-0.25, -0.2) is 19.0 Å². The van der Waals surface area contributed by atoms with Gasteiger partial charge in [0.15, 0.2) is 5.65 Å². The average Bonchev–Trinajstić information content (AvgIpc) is 3.54. The first-order valence-electron chi connectivity index (χ1n) is 10.8. The minimum atomic E-state index is -0.341. The molecule has 6 rings (SSSR count). The molecule has 0 atom stereocenters. The normalized spacial score (nSPS) is 11.1. The van der Waals surface area contributed by atoms with Gasteiger partial charge in [0.05, 0.1) is 17.3 Å². The van der Waals surface area contributed by atoms with Crippen molar-refractivity contribution in [1.82, 2.24) is 29.9 Å². The van der Waals surface area contributed by atoms with Crippen LogP contribution in [0.5, 0.6) is 0 Å². The zero-order chi connectivity index (χ0) is 24.5. The highest BCUT2D eigenvalue weighted by atomic mass is 35.5. The van der Waals surface area contributed by atoms with Crippen LogP contribution in [0.15, 0.2) is 85.3 Å². The number of benzene rings is 3. The maximum absolute atomic E-state index is 13.7. The number of nitrogens with one attached hydrogen (secondary N) is 2. The fourth-order valence-electron chi connectivity index (χ4n) is 3.62. The Balaban J connectivity index is 1.21. The highest BCUT2D eigenvalue weighted by molar-refractivity contribution is 7.18. The standard InChI is InChI=1S/C25H16ClFN8S/c26-16-6-10-19(11-7-16)32-25-34-33-24(36-25)15-4-8-18(9-5-15)31-22-21-13-30-35(23(21)29-14-28-22)20-3-1-2-17(27)12-20/h1-14H,(H,32,34)(H,28,29,31). The molecule has 0 unspecified atom stereocenters. The molecular weight excluding hydrogens is 499 g/mol. The van der Waals surface area contributed by atoms with Gasteiger partial charge in [-0.2, -0.15) is 5.10 Å². The van der Waals surface area contributed by atoms with Crippen LogP contribution in [0, 0.1) is 5.82 Å². The molecule has 0 radical (unpaired) electrons. The molecule has 6 aromatic rings. The molecule has 0 spiro atoms. The van der Waals surface area contributed by atoms with E-state index in [1.165, 1.54) is 29.8 Å². The molecule has 3 aromatic carbocycles. The maximum atomic E-state index is 13.7. The molecule has 0 saturated carbocycles. The van der Waals surface area contributed by atoms with Crippen molar-refractivity contribution in [2.24, 2.45) is 0 Å². The van der Waals surface area contributed by atoms with Gasteiger partial charge in [0.25, 0.3) is 0 Å². The summed E-state index contributed by atoms with van der Waals surface area (Å²) in [7, 11) is 0. The van der Waals surface area contributed by atoms with Gasteiger partial charge in [-0.1, -0.05) is 29.0 Å². The first kappa shape index (κ1) is 22.1. The summed E-state index contributed by atoms with van der Waals surface area (Å²) in [6.07, 6.45) is 3.11. The Morgan fingerprint density at radius 2 is 1.64 bits per heavy atom. The fraction of sp³-hybridized carbons (Fsp3) is 0. The number of aromatic nitrogens is 6. The molecule has 36 heavy (non-hydrogen) atoms. The summed E-state index contributed by atoms with van der Waals surface area (Å²) in [5.41, 5.74) is 3.82. The Bertz CT molecular complexity index is 1660. The third kappa shape index (κ3) is 4.47. The molecule has 0 bridgehead atoms. The van der Waals surface area contributed by atoms with E-state index >= 15 is 0 Å². The third-order valence-electron chi connectivity index (χ3n) is 5.33. The van der Waals surface area contributed by atoms with Crippen molar-refractivity contribution in [3.8, 4) is 16.3 Å². The van der Waals surface area contributed by atoms with Crippen molar-refractivity contribution in [1.29, 1.82) is 0 Å². The van der Waals surface area contributed by atoms with Crippen LogP contribution in [0.4, 0.5) is 26.7 Å². The summed E-state index contributed by atoms with van der Waals surface area (Å²) < 4.78 is 15.3. The monoisotopic (exact) mass is 514 g/mol. The molecule has 0 saturated heterocycles. The van der Waals surface area contributed by atoms with E-state index in [1.54, 1.807) is 23.0 Å². The van der Waals surface area contributed by atoms with Crippen LogP contribution in [0.2, 0.25) is 5.02 Å². The Labute approximate surface area is 213 Å². The number of anilines is 4. The van der Waals surface area contributed by atoms with Gasteiger partial charge in [-0.15, -0.1) is 10.2 Å². The van der Waals surface area contributed by atoms with E-state index in [1.807, 2.05) is 48.5 Å². The molecule has 0 fully saturated rings. The van der Waals surface area contributed by atoms with E-state index < -0.39 is 0 Å². The van der Waals surface area contributed by atoms with Crippen LogP contribution < -0.4 is 10.6 Å². The van der Waals surface area contributed by atoms with Crippen LogP contribution >= 0.6 is 22.9 Å². The third-order valence-corrected chi connectivity index (χ3v) is 6.47. The van der Waals surface area contributed by atoms with Gasteiger partial charge in [0.2, 0.25) is 5.13 Å². The smallest absolute Gasteiger partial charge is 0.210 e. The van der Waals surface area contributed by atoms with E-state index in [2.05, 4.69) is 35.9 Å². The average molecular weight is 515 g/mol. The van der Waals surface area contributed by atoms with Crippen LogP contribution in [0.1, 0.15) is 0 Å². The number of fused-ring (bicyclic) bond motifs is 1. The van der Waals surface area contributed by atoms with Crippen molar-refractivity contribution >= 4 is 56.3 Å². The van der Waals surface area contributed by atoms with E-state index in [4.69, 9.17) is 11.6 Å². The summed E-state index contributed by atoms with van der Waals surface area (Å²) in [5.74, 6) is 0.257. The van der Waals surface area contributed by atoms with Crippen LogP contribution in [-0.4, -0.2) is 29.9 Å². The van der Waals surface area contributed by atoms with Crippen molar-refractivity contribution in [3.05, 3.63) is 96.2 Å². The van der Waals surface area contributed by atoms with E-state index in [0.717, 1.165) is 21.9 Å². The number of hydrogen-bond acceptors (Lipinski definition) is 8. The number of rotatable bonds is 6. The summed E-state index contributed by atoms with van der Waals surface area (Å²) in [6.45, 7) is 0. The molecule has 0 amide bonds. The van der Waals surface area contributed by atoms with Gasteiger partial charge < -0.3 is 10.6 Å². The molecule has 0 aliphatic carbocycles. The van der Waals surface area contributed by atoms with Gasteiger partial charge in [-0.3, -0.25) is 0 Å². The lowest BCUT2D eigenvalue weighted by molar-refractivity contribution is 0.625. The van der Waals surface area contributed by atoms with Crippen molar-refractivity contribution in [3.63, 3.8) is 0 Å². The molecule has 176 valence electrons. The predicted octanol–water partition coefficient (Wildman–Crippen LogP) is 6.61. The molecule has 0 aliphatic rings. The quantitative estimate of drug-likeness (QED) is 0.258. The van der Waals surface area contributed by atoms with Gasteiger partial charge in [0.1, 0.15) is 23.0 Å². The van der Waals surface area contributed by atoms with Crippen LogP contribution in [0.25, 0.3) is 27.3 Å².